The summed E-state index contributed by atoms with van der Waals surface area (Å²) in [7, 11) is 0. The van der Waals surface area contributed by atoms with Gasteiger partial charge in [-0.05, 0) is 71.5 Å². The van der Waals surface area contributed by atoms with Gasteiger partial charge in [-0.1, -0.05) is 24.3 Å². The number of ether oxygens (including phenoxy) is 2. The molecule has 0 spiro atoms. The molecule has 8 rings (SSSR count). The van der Waals surface area contributed by atoms with E-state index in [0.717, 1.165) is 33.4 Å². The molecule has 32 heavy (non-hydrogen) atoms. The maximum atomic E-state index is 12.3. The van der Waals surface area contributed by atoms with Crippen molar-refractivity contribution in [1.29, 1.82) is 0 Å². The summed E-state index contributed by atoms with van der Waals surface area (Å²) in [6.45, 7) is 4.09. The molecule has 0 unspecified atom stereocenters. The van der Waals surface area contributed by atoms with Crippen molar-refractivity contribution in [2.24, 2.45) is 0 Å². The Labute approximate surface area is 181 Å². The molecule has 3 aliphatic carbocycles. The topological polar surface area (TPSA) is 86.7 Å². The van der Waals surface area contributed by atoms with E-state index < -0.39 is 34.7 Å². The van der Waals surface area contributed by atoms with Crippen molar-refractivity contribution in [2.45, 2.75) is 24.7 Å². The summed E-state index contributed by atoms with van der Waals surface area (Å²) in [5.74, 6) is -2.61. The smallest absolute Gasteiger partial charge is 0.346 e. The van der Waals surface area contributed by atoms with Gasteiger partial charge in [0.05, 0.1) is 22.3 Å². The molecule has 6 heteroatoms. The van der Waals surface area contributed by atoms with Crippen LogP contribution in [-0.4, -0.2) is 23.9 Å². The average molecular weight is 422 g/mol. The van der Waals surface area contributed by atoms with Crippen molar-refractivity contribution in [2.75, 3.05) is 0 Å². The Balaban J connectivity index is 1.66. The van der Waals surface area contributed by atoms with Crippen molar-refractivity contribution in [3.05, 3.63) is 104 Å². The first kappa shape index (κ1) is 17.6. The van der Waals surface area contributed by atoms with Crippen LogP contribution in [0.25, 0.3) is 0 Å². The molecule has 0 fully saturated rings. The van der Waals surface area contributed by atoms with Crippen molar-refractivity contribution in [3.63, 3.8) is 0 Å². The van der Waals surface area contributed by atoms with Gasteiger partial charge in [0.2, 0.25) is 0 Å². The molecule has 2 aliphatic heterocycles. The fourth-order valence-corrected chi connectivity index (χ4v) is 6.14. The molecule has 0 aromatic heterocycles. The SMILES string of the molecule is CC12c3ccccc3C(C)(c3cc4c(cc31)C(=O)OC4=O)c1cc3c(cc12)C(=O)OC3=O. The van der Waals surface area contributed by atoms with Gasteiger partial charge in [0, 0.05) is 10.8 Å². The van der Waals surface area contributed by atoms with E-state index >= 15 is 0 Å². The lowest BCUT2D eigenvalue weighted by Crippen LogP contribution is -2.48. The highest BCUT2D eigenvalue weighted by Crippen LogP contribution is 2.62. The Morgan fingerprint density at radius 2 is 0.781 bits per heavy atom. The quantitative estimate of drug-likeness (QED) is 0.406. The van der Waals surface area contributed by atoms with Gasteiger partial charge in [0.25, 0.3) is 0 Å². The molecule has 0 radical (unpaired) electrons. The standard InChI is InChI=1S/C26H14O6/c1-25-15-5-3-4-6-16(15)26(2,19-9-13-11(7-17(19)25)21(27)31-23(13)29)20-10-14-12(8-18(20)25)22(28)32-24(14)30/h3-10H,1-2H3. The Hall–Kier alpha value is -4.06. The minimum atomic E-state index is -0.707. The predicted octanol–water partition coefficient (Wildman–Crippen LogP) is 3.64. The Bertz CT molecular complexity index is 1330. The van der Waals surface area contributed by atoms with E-state index in [0.29, 0.717) is 0 Å². The van der Waals surface area contributed by atoms with Crippen molar-refractivity contribution in [1.82, 2.24) is 0 Å². The fraction of sp³-hybridized carbons (Fsp3) is 0.154. The normalized spacial score (nSPS) is 25.6. The largest absolute Gasteiger partial charge is 0.386 e. The Morgan fingerprint density at radius 1 is 0.500 bits per heavy atom. The van der Waals surface area contributed by atoms with Gasteiger partial charge in [0.1, 0.15) is 0 Å². The number of carbonyl (C=O) groups excluding carboxylic acids is 4. The minimum Gasteiger partial charge on any atom is -0.386 e. The summed E-state index contributed by atoms with van der Waals surface area (Å²) in [5.41, 5.74) is 5.23. The minimum absolute atomic E-state index is 0.251. The van der Waals surface area contributed by atoms with E-state index in [2.05, 4.69) is 0 Å². The average Bonchev–Trinajstić information content (AvgIpc) is 3.23. The van der Waals surface area contributed by atoms with E-state index in [4.69, 9.17) is 9.47 Å². The van der Waals surface area contributed by atoms with E-state index in [9.17, 15) is 19.2 Å². The molecule has 5 aliphatic rings. The first-order valence-electron chi connectivity index (χ1n) is 10.3. The van der Waals surface area contributed by atoms with Crippen LogP contribution in [0.2, 0.25) is 0 Å². The lowest BCUT2D eigenvalue weighted by molar-refractivity contribution is 0.0425. The van der Waals surface area contributed by atoms with Gasteiger partial charge in [-0.3, -0.25) is 0 Å². The zero-order chi connectivity index (χ0) is 22.2. The maximum absolute atomic E-state index is 12.3. The summed E-state index contributed by atoms with van der Waals surface area (Å²) >= 11 is 0. The number of cyclic esters (lactones) is 4. The van der Waals surface area contributed by atoms with Crippen molar-refractivity contribution < 1.29 is 28.7 Å². The fourth-order valence-electron chi connectivity index (χ4n) is 6.14. The molecule has 3 aromatic carbocycles. The monoisotopic (exact) mass is 422 g/mol. The summed E-state index contributed by atoms with van der Waals surface area (Å²) in [4.78, 5) is 49.3. The number of hydrogen-bond donors (Lipinski definition) is 0. The first-order valence-corrected chi connectivity index (χ1v) is 10.3. The molecular formula is C26H14O6. The zero-order valence-corrected chi connectivity index (χ0v) is 17.1. The van der Waals surface area contributed by atoms with Crippen LogP contribution in [0.5, 0.6) is 0 Å². The Morgan fingerprint density at radius 3 is 1.06 bits per heavy atom. The lowest BCUT2D eigenvalue weighted by Gasteiger charge is -2.54. The predicted molar refractivity (Wildman–Crippen MR) is 110 cm³/mol. The molecule has 0 N–H and O–H groups in total. The third-order valence-corrected chi connectivity index (χ3v) is 7.72. The molecule has 154 valence electrons. The molecule has 0 saturated heterocycles. The molecule has 0 amide bonds. The van der Waals surface area contributed by atoms with Crippen LogP contribution in [0.4, 0.5) is 0 Å². The second-order valence-electron chi connectivity index (χ2n) is 9.04. The third-order valence-electron chi connectivity index (χ3n) is 7.72. The summed E-state index contributed by atoms with van der Waals surface area (Å²) in [5, 5.41) is 0. The second-order valence-corrected chi connectivity index (χ2v) is 9.04. The van der Waals surface area contributed by atoms with Crippen LogP contribution >= 0.6 is 0 Å². The van der Waals surface area contributed by atoms with E-state index in [-0.39, 0.29) is 22.3 Å². The van der Waals surface area contributed by atoms with Crippen LogP contribution in [0.3, 0.4) is 0 Å². The van der Waals surface area contributed by atoms with Gasteiger partial charge in [-0.2, -0.15) is 0 Å². The molecule has 0 atom stereocenters. The van der Waals surface area contributed by atoms with E-state index in [1.54, 1.807) is 24.3 Å². The highest BCUT2D eigenvalue weighted by molar-refractivity contribution is 6.16. The van der Waals surface area contributed by atoms with Gasteiger partial charge >= 0.3 is 23.9 Å². The number of rotatable bonds is 0. The summed E-state index contributed by atoms with van der Waals surface area (Å²) in [6.07, 6.45) is 0. The Kier molecular flexibility index (Phi) is 2.78. The van der Waals surface area contributed by atoms with Crippen LogP contribution in [0.1, 0.15) is 88.7 Å². The molecular weight excluding hydrogens is 408 g/mol. The van der Waals surface area contributed by atoms with Crippen LogP contribution < -0.4 is 0 Å². The number of esters is 4. The van der Waals surface area contributed by atoms with Crippen LogP contribution in [0.15, 0.2) is 48.5 Å². The highest BCUT2D eigenvalue weighted by Gasteiger charge is 2.56. The molecule has 0 saturated carbocycles. The van der Waals surface area contributed by atoms with Gasteiger partial charge in [-0.25, -0.2) is 19.2 Å². The second kappa shape index (κ2) is 5.05. The number of hydrogen-bond acceptors (Lipinski definition) is 6. The number of fused-ring (bicyclic) bond motifs is 2. The first-order chi connectivity index (χ1) is 15.3. The lowest BCUT2D eigenvalue weighted by atomic mass is 9.47. The van der Waals surface area contributed by atoms with Crippen molar-refractivity contribution >= 4 is 23.9 Å². The van der Waals surface area contributed by atoms with Crippen LogP contribution in [-0.2, 0) is 20.3 Å². The maximum Gasteiger partial charge on any atom is 0.346 e. The molecule has 3 aromatic rings. The number of carbonyl (C=O) groups is 4. The van der Waals surface area contributed by atoms with Gasteiger partial charge < -0.3 is 9.47 Å². The zero-order valence-electron chi connectivity index (χ0n) is 17.1. The highest BCUT2D eigenvalue weighted by atomic mass is 16.6. The summed E-state index contributed by atoms with van der Waals surface area (Å²) < 4.78 is 9.74. The summed E-state index contributed by atoms with van der Waals surface area (Å²) in [6, 6.07) is 15.0. The molecule has 2 heterocycles. The van der Waals surface area contributed by atoms with E-state index in [1.807, 2.05) is 38.1 Å². The number of benzene rings is 3. The van der Waals surface area contributed by atoms with Crippen molar-refractivity contribution in [3.8, 4) is 0 Å². The van der Waals surface area contributed by atoms with E-state index in [1.165, 1.54) is 0 Å². The van der Waals surface area contributed by atoms with Gasteiger partial charge in [-0.15, -0.1) is 0 Å². The van der Waals surface area contributed by atoms with Gasteiger partial charge in [0.15, 0.2) is 0 Å². The third kappa shape index (κ3) is 1.65. The van der Waals surface area contributed by atoms with Crippen LogP contribution in [0, 0.1) is 0 Å². The molecule has 6 nitrogen and oxygen atoms in total. The molecule has 2 bridgehead atoms.